The van der Waals surface area contributed by atoms with E-state index in [4.69, 9.17) is 9.47 Å². The van der Waals surface area contributed by atoms with E-state index in [0.29, 0.717) is 58.2 Å². The van der Waals surface area contributed by atoms with Crippen LogP contribution in [0.3, 0.4) is 0 Å². The SMILES string of the molecule is CCOC(=O)CCCC[C@]1(C(=O)OCC)CCCC(=O)N1. The monoisotopic (exact) mass is 299 g/mol. The molecule has 1 aliphatic rings. The van der Waals surface area contributed by atoms with Crippen molar-refractivity contribution in [3.05, 3.63) is 0 Å². The molecule has 1 N–H and O–H groups in total. The van der Waals surface area contributed by atoms with Crippen LogP contribution in [-0.4, -0.2) is 36.6 Å². The highest BCUT2D eigenvalue weighted by atomic mass is 16.5. The van der Waals surface area contributed by atoms with Gasteiger partial charge in [-0.25, -0.2) is 4.79 Å². The number of amides is 1. The summed E-state index contributed by atoms with van der Waals surface area (Å²) in [5.74, 6) is -0.704. The largest absolute Gasteiger partial charge is 0.466 e. The zero-order chi connectivity index (χ0) is 15.7. The fraction of sp³-hybridized carbons (Fsp3) is 0.800. The van der Waals surface area contributed by atoms with Gasteiger partial charge in [0.1, 0.15) is 5.54 Å². The summed E-state index contributed by atoms with van der Waals surface area (Å²) >= 11 is 0. The number of ether oxygens (including phenoxy) is 2. The number of hydrogen-bond donors (Lipinski definition) is 1. The summed E-state index contributed by atoms with van der Waals surface area (Å²) in [5, 5.41) is 2.80. The third-order valence-electron chi connectivity index (χ3n) is 3.59. The number of hydrogen-bond acceptors (Lipinski definition) is 5. The molecular formula is C15H25NO5. The molecule has 1 fully saturated rings. The molecule has 0 aromatic heterocycles. The number of rotatable bonds is 8. The molecule has 0 aromatic rings. The van der Waals surface area contributed by atoms with E-state index < -0.39 is 5.54 Å². The summed E-state index contributed by atoms with van der Waals surface area (Å²) in [6, 6.07) is 0. The molecule has 0 unspecified atom stereocenters. The first-order chi connectivity index (χ1) is 10.0. The first-order valence-electron chi connectivity index (χ1n) is 7.68. The molecule has 1 rings (SSSR count). The van der Waals surface area contributed by atoms with E-state index in [2.05, 4.69) is 5.32 Å². The van der Waals surface area contributed by atoms with Crippen LogP contribution in [0, 0.1) is 0 Å². The lowest BCUT2D eigenvalue weighted by Gasteiger charge is -2.35. The topological polar surface area (TPSA) is 81.7 Å². The molecule has 6 nitrogen and oxygen atoms in total. The summed E-state index contributed by atoms with van der Waals surface area (Å²) < 4.78 is 9.97. The zero-order valence-electron chi connectivity index (χ0n) is 12.9. The Morgan fingerprint density at radius 3 is 2.52 bits per heavy atom. The summed E-state index contributed by atoms with van der Waals surface area (Å²) in [5.41, 5.74) is -0.917. The molecule has 0 saturated carbocycles. The average Bonchev–Trinajstić information content (AvgIpc) is 2.44. The summed E-state index contributed by atoms with van der Waals surface area (Å²) in [4.78, 5) is 35.1. The second-order valence-electron chi connectivity index (χ2n) is 5.22. The number of piperidine rings is 1. The van der Waals surface area contributed by atoms with E-state index in [1.165, 1.54) is 0 Å². The Balaban J connectivity index is 2.52. The molecule has 1 atom stereocenters. The van der Waals surface area contributed by atoms with Gasteiger partial charge >= 0.3 is 11.9 Å². The molecule has 0 spiro atoms. The van der Waals surface area contributed by atoms with Crippen LogP contribution >= 0.6 is 0 Å². The van der Waals surface area contributed by atoms with Gasteiger partial charge in [0.2, 0.25) is 5.91 Å². The van der Waals surface area contributed by atoms with E-state index in [0.717, 1.165) is 0 Å². The van der Waals surface area contributed by atoms with E-state index in [1.807, 2.05) is 0 Å². The fourth-order valence-corrected chi connectivity index (χ4v) is 2.58. The van der Waals surface area contributed by atoms with Crippen LogP contribution in [0.4, 0.5) is 0 Å². The van der Waals surface area contributed by atoms with E-state index in [1.54, 1.807) is 13.8 Å². The summed E-state index contributed by atoms with van der Waals surface area (Å²) in [6.07, 6.45) is 3.86. The van der Waals surface area contributed by atoms with Gasteiger partial charge in [0.25, 0.3) is 0 Å². The van der Waals surface area contributed by atoms with Gasteiger partial charge in [0.15, 0.2) is 0 Å². The van der Waals surface area contributed by atoms with Crippen molar-refractivity contribution in [3.8, 4) is 0 Å². The standard InChI is InChI=1S/C15H25NO5/c1-3-20-13(18)9-5-6-10-15(14(19)21-4-2)11-7-8-12(17)16-15/h3-11H2,1-2H3,(H,16,17)/t15-/m1/s1. The van der Waals surface area contributed by atoms with Crippen LogP contribution in [0.5, 0.6) is 0 Å². The van der Waals surface area contributed by atoms with Gasteiger partial charge in [0.05, 0.1) is 13.2 Å². The van der Waals surface area contributed by atoms with Gasteiger partial charge in [0, 0.05) is 12.8 Å². The average molecular weight is 299 g/mol. The van der Waals surface area contributed by atoms with Crippen LogP contribution in [0.15, 0.2) is 0 Å². The summed E-state index contributed by atoms with van der Waals surface area (Å²) in [6.45, 7) is 4.18. The molecule has 0 aromatic carbocycles. The maximum absolute atomic E-state index is 12.2. The fourth-order valence-electron chi connectivity index (χ4n) is 2.58. The van der Waals surface area contributed by atoms with E-state index >= 15 is 0 Å². The minimum Gasteiger partial charge on any atom is -0.466 e. The first kappa shape index (κ1) is 17.5. The van der Waals surface area contributed by atoms with Crippen molar-refractivity contribution in [1.29, 1.82) is 0 Å². The van der Waals surface area contributed by atoms with Crippen LogP contribution in [0.25, 0.3) is 0 Å². The van der Waals surface area contributed by atoms with Gasteiger partial charge in [-0.3, -0.25) is 9.59 Å². The van der Waals surface area contributed by atoms with Crippen molar-refractivity contribution in [2.24, 2.45) is 0 Å². The quantitative estimate of drug-likeness (QED) is 0.545. The number of carbonyl (C=O) groups is 3. The van der Waals surface area contributed by atoms with Gasteiger partial charge in [-0.1, -0.05) is 0 Å². The van der Waals surface area contributed by atoms with Crippen molar-refractivity contribution in [3.63, 3.8) is 0 Å². The van der Waals surface area contributed by atoms with Crippen molar-refractivity contribution >= 4 is 17.8 Å². The molecule has 21 heavy (non-hydrogen) atoms. The minimum absolute atomic E-state index is 0.111. The van der Waals surface area contributed by atoms with Crippen LogP contribution in [0.1, 0.15) is 58.8 Å². The van der Waals surface area contributed by atoms with Crippen LogP contribution in [-0.2, 0) is 23.9 Å². The van der Waals surface area contributed by atoms with E-state index in [9.17, 15) is 14.4 Å². The lowest BCUT2D eigenvalue weighted by molar-refractivity contribution is -0.155. The lowest BCUT2D eigenvalue weighted by Crippen LogP contribution is -2.57. The molecule has 1 saturated heterocycles. The molecule has 1 aliphatic heterocycles. The second-order valence-corrected chi connectivity index (χ2v) is 5.22. The highest BCUT2D eigenvalue weighted by Crippen LogP contribution is 2.27. The van der Waals surface area contributed by atoms with Gasteiger partial charge in [-0.15, -0.1) is 0 Å². The molecule has 0 aliphatic carbocycles. The predicted octanol–water partition coefficient (Wildman–Crippen LogP) is 1.71. The second kappa shape index (κ2) is 8.64. The van der Waals surface area contributed by atoms with Gasteiger partial charge < -0.3 is 14.8 Å². The Labute approximate surface area is 125 Å². The Morgan fingerprint density at radius 1 is 1.19 bits per heavy atom. The molecule has 6 heteroatoms. The number of carbonyl (C=O) groups excluding carboxylic acids is 3. The molecule has 1 amide bonds. The molecule has 0 bridgehead atoms. The van der Waals surface area contributed by atoms with Crippen molar-refractivity contribution in [1.82, 2.24) is 5.32 Å². The molecule has 0 radical (unpaired) electrons. The minimum atomic E-state index is -0.917. The maximum atomic E-state index is 12.2. The van der Waals surface area contributed by atoms with Crippen LogP contribution in [0.2, 0.25) is 0 Å². The highest BCUT2D eigenvalue weighted by molar-refractivity contribution is 5.89. The number of esters is 2. The summed E-state index contributed by atoms with van der Waals surface area (Å²) in [7, 11) is 0. The van der Waals surface area contributed by atoms with Crippen molar-refractivity contribution < 1.29 is 23.9 Å². The number of unbranched alkanes of at least 4 members (excludes halogenated alkanes) is 1. The first-order valence-corrected chi connectivity index (χ1v) is 7.68. The number of nitrogens with one attached hydrogen (secondary N) is 1. The third-order valence-corrected chi connectivity index (χ3v) is 3.59. The molecule has 120 valence electrons. The molecule has 1 heterocycles. The van der Waals surface area contributed by atoms with Crippen molar-refractivity contribution in [2.75, 3.05) is 13.2 Å². The smallest absolute Gasteiger partial charge is 0.331 e. The highest BCUT2D eigenvalue weighted by Gasteiger charge is 2.42. The zero-order valence-corrected chi connectivity index (χ0v) is 12.9. The van der Waals surface area contributed by atoms with Gasteiger partial charge in [-0.05, 0) is 46.0 Å². The molecular weight excluding hydrogens is 274 g/mol. The Hall–Kier alpha value is -1.59. The normalized spacial score (nSPS) is 21.5. The Morgan fingerprint density at radius 2 is 1.90 bits per heavy atom. The van der Waals surface area contributed by atoms with Crippen LogP contribution < -0.4 is 5.32 Å². The lowest BCUT2D eigenvalue weighted by atomic mass is 9.84. The third kappa shape index (κ3) is 5.36. The van der Waals surface area contributed by atoms with E-state index in [-0.39, 0.29) is 17.8 Å². The van der Waals surface area contributed by atoms with Crippen molar-refractivity contribution in [2.45, 2.75) is 64.3 Å². The maximum Gasteiger partial charge on any atom is 0.331 e. The van der Waals surface area contributed by atoms with Gasteiger partial charge in [-0.2, -0.15) is 0 Å². The Kier molecular flexibility index (Phi) is 7.19. The predicted molar refractivity (Wildman–Crippen MR) is 76.5 cm³/mol. The Bertz CT molecular complexity index is 382.